The Balaban J connectivity index is 1.73. The number of aliphatic carboxylic acids is 1. The summed E-state index contributed by atoms with van der Waals surface area (Å²) in [5.74, 6) is -0.717. The van der Waals surface area contributed by atoms with Crippen LogP contribution in [0.1, 0.15) is 18.4 Å². The smallest absolute Gasteiger partial charge is 0.319 e. The van der Waals surface area contributed by atoms with Crippen LogP contribution in [-0.4, -0.2) is 24.1 Å². The van der Waals surface area contributed by atoms with E-state index in [1.807, 2.05) is 36.4 Å². The Kier molecular flexibility index (Phi) is 4.25. The lowest BCUT2D eigenvalue weighted by Gasteiger charge is -2.22. The number of hydrogen-bond acceptors (Lipinski definition) is 3. The number of amides is 1. The molecule has 1 amide bonds. The van der Waals surface area contributed by atoms with Crippen molar-refractivity contribution >= 4 is 22.6 Å². The van der Waals surface area contributed by atoms with Crippen molar-refractivity contribution in [2.45, 2.75) is 19.4 Å². The van der Waals surface area contributed by atoms with Gasteiger partial charge in [0.25, 0.3) is 0 Å². The van der Waals surface area contributed by atoms with Gasteiger partial charge in [0.15, 0.2) is 5.41 Å². The van der Waals surface area contributed by atoms with Crippen LogP contribution in [0.15, 0.2) is 48.6 Å². The van der Waals surface area contributed by atoms with Crippen LogP contribution in [0.25, 0.3) is 10.8 Å². The Bertz CT molecular complexity index is 817. The number of allylic oxidation sites excluding steroid dienone is 2. The molecule has 0 spiro atoms. The lowest BCUT2D eigenvalue weighted by atomic mass is 9.84. The molecule has 0 heterocycles. The summed E-state index contributed by atoms with van der Waals surface area (Å²) in [7, 11) is 1.63. The van der Waals surface area contributed by atoms with E-state index in [0.717, 1.165) is 22.1 Å². The standard InChI is InChI=1S/C19H19NO4/c1-24-16-7-6-14-10-13(4-5-15(14)11-16)12-20-17(21)19(18(22)23)8-2-3-9-19/h2-7,10-11H,8-9,12H2,1H3,(H,20,21)(H,22,23). The summed E-state index contributed by atoms with van der Waals surface area (Å²) in [6.45, 7) is 0.301. The number of carbonyl (C=O) groups excluding carboxylic acids is 1. The number of ether oxygens (including phenoxy) is 1. The van der Waals surface area contributed by atoms with E-state index in [9.17, 15) is 14.7 Å². The van der Waals surface area contributed by atoms with Crippen molar-refractivity contribution in [2.24, 2.45) is 5.41 Å². The normalized spacial score (nSPS) is 15.4. The van der Waals surface area contributed by atoms with Gasteiger partial charge in [0.1, 0.15) is 5.75 Å². The predicted molar refractivity (Wildman–Crippen MR) is 90.8 cm³/mol. The van der Waals surface area contributed by atoms with Gasteiger partial charge >= 0.3 is 5.97 Å². The number of rotatable bonds is 5. The lowest BCUT2D eigenvalue weighted by molar-refractivity contribution is -0.155. The minimum atomic E-state index is -1.36. The minimum Gasteiger partial charge on any atom is -0.497 e. The van der Waals surface area contributed by atoms with Crippen molar-refractivity contribution in [2.75, 3.05) is 7.11 Å². The zero-order chi connectivity index (χ0) is 17.2. The molecule has 2 aromatic carbocycles. The largest absolute Gasteiger partial charge is 0.497 e. The fourth-order valence-corrected chi connectivity index (χ4v) is 2.97. The molecule has 0 unspecified atom stereocenters. The molecular formula is C19H19NO4. The molecule has 24 heavy (non-hydrogen) atoms. The highest BCUT2D eigenvalue weighted by atomic mass is 16.5. The van der Waals surface area contributed by atoms with Gasteiger partial charge in [-0.3, -0.25) is 9.59 Å². The van der Waals surface area contributed by atoms with Gasteiger partial charge in [0.05, 0.1) is 7.11 Å². The third-order valence-corrected chi connectivity index (χ3v) is 4.51. The quantitative estimate of drug-likeness (QED) is 0.655. The highest BCUT2D eigenvalue weighted by Crippen LogP contribution is 2.34. The zero-order valence-corrected chi connectivity index (χ0v) is 13.4. The Labute approximate surface area is 139 Å². The topological polar surface area (TPSA) is 75.6 Å². The second-order valence-electron chi connectivity index (χ2n) is 6.00. The first kappa shape index (κ1) is 16.1. The van der Waals surface area contributed by atoms with Crippen LogP contribution in [0.3, 0.4) is 0 Å². The number of benzene rings is 2. The van der Waals surface area contributed by atoms with Crippen LogP contribution in [-0.2, 0) is 16.1 Å². The molecule has 0 bridgehead atoms. The number of nitrogens with one attached hydrogen (secondary N) is 1. The van der Waals surface area contributed by atoms with Crippen molar-refractivity contribution in [3.05, 3.63) is 54.1 Å². The maximum absolute atomic E-state index is 12.4. The van der Waals surface area contributed by atoms with Gasteiger partial charge in [-0.1, -0.05) is 30.4 Å². The maximum atomic E-state index is 12.4. The Morgan fingerprint density at radius 3 is 2.46 bits per heavy atom. The Morgan fingerprint density at radius 1 is 1.12 bits per heavy atom. The predicted octanol–water partition coefficient (Wildman–Crippen LogP) is 2.89. The molecular weight excluding hydrogens is 306 g/mol. The second kappa shape index (κ2) is 6.35. The highest BCUT2D eigenvalue weighted by Gasteiger charge is 2.46. The van der Waals surface area contributed by atoms with Crippen LogP contribution in [0, 0.1) is 5.41 Å². The SMILES string of the molecule is COc1ccc2cc(CNC(=O)C3(C(=O)O)CC=CC3)ccc2c1. The molecule has 0 fully saturated rings. The average Bonchev–Trinajstić information content (AvgIpc) is 3.10. The van der Waals surface area contributed by atoms with Gasteiger partial charge in [-0.25, -0.2) is 0 Å². The monoisotopic (exact) mass is 325 g/mol. The van der Waals surface area contributed by atoms with Crippen LogP contribution in [0.5, 0.6) is 5.75 Å². The molecule has 0 atom stereocenters. The van der Waals surface area contributed by atoms with Gasteiger partial charge in [-0.2, -0.15) is 0 Å². The van der Waals surface area contributed by atoms with Crippen molar-refractivity contribution in [1.29, 1.82) is 0 Å². The Morgan fingerprint density at radius 2 is 1.79 bits per heavy atom. The van der Waals surface area contributed by atoms with Crippen molar-refractivity contribution in [3.63, 3.8) is 0 Å². The summed E-state index contributed by atoms with van der Waals surface area (Å²) in [5, 5.41) is 14.3. The molecule has 2 N–H and O–H groups in total. The summed E-state index contributed by atoms with van der Waals surface area (Å²) in [6, 6.07) is 11.6. The third kappa shape index (κ3) is 2.85. The summed E-state index contributed by atoms with van der Waals surface area (Å²) in [6.07, 6.45) is 3.98. The van der Waals surface area contributed by atoms with E-state index in [4.69, 9.17) is 4.74 Å². The molecule has 2 aromatic rings. The molecule has 0 aromatic heterocycles. The van der Waals surface area contributed by atoms with E-state index in [2.05, 4.69) is 5.32 Å². The molecule has 0 aliphatic heterocycles. The van der Waals surface area contributed by atoms with Gasteiger partial charge in [-0.15, -0.1) is 0 Å². The van der Waals surface area contributed by atoms with E-state index < -0.39 is 17.3 Å². The number of methoxy groups -OCH3 is 1. The van der Waals surface area contributed by atoms with E-state index in [1.54, 1.807) is 19.3 Å². The van der Waals surface area contributed by atoms with Gasteiger partial charge in [0, 0.05) is 6.54 Å². The molecule has 5 nitrogen and oxygen atoms in total. The summed E-state index contributed by atoms with van der Waals surface area (Å²) in [5.41, 5.74) is -0.433. The first-order valence-electron chi connectivity index (χ1n) is 7.78. The fraction of sp³-hybridized carbons (Fsp3) is 0.263. The number of carboxylic acids is 1. The summed E-state index contributed by atoms with van der Waals surface area (Å²) >= 11 is 0. The van der Waals surface area contributed by atoms with E-state index in [0.29, 0.717) is 6.54 Å². The highest BCUT2D eigenvalue weighted by molar-refractivity contribution is 6.02. The third-order valence-electron chi connectivity index (χ3n) is 4.51. The van der Waals surface area contributed by atoms with E-state index in [-0.39, 0.29) is 12.8 Å². The van der Waals surface area contributed by atoms with Crippen molar-refractivity contribution in [3.8, 4) is 5.75 Å². The lowest BCUT2D eigenvalue weighted by Crippen LogP contribution is -2.44. The Hall–Kier alpha value is -2.82. The fourth-order valence-electron chi connectivity index (χ4n) is 2.97. The number of hydrogen-bond donors (Lipinski definition) is 2. The first-order chi connectivity index (χ1) is 11.5. The molecule has 1 aliphatic rings. The number of carbonyl (C=O) groups is 2. The molecule has 5 heteroatoms. The van der Waals surface area contributed by atoms with Crippen LogP contribution >= 0.6 is 0 Å². The summed E-state index contributed by atoms with van der Waals surface area (Å²) < 4.78 is 5.20. The zero-order valence-electron chi connectivity index (χ0n) is 13.4. The molecule has 124 valence electrons. The van der Waals surface area contributed by atoms with Crippen molar-refractivity contribution < 1.29 is 19.4 Å². The molecule has 0 saturated carbocycles. The second-order valence-corrected chi connectivity index (χ2v) is 6.00. The molecule has 0 saturated heterocycles. The maximum Gasteiger partial charge on any atom is 0.319 e. The molecule has 1 aliphatic carbocycles. The van der Waals surface area contributed by atoms with E-state index >= 15 is 0 Å². The molecule has 0 radical (unpaired) electrons. The van der Waals surface area contributed by atoms with E-state index in [1.165, 1.54) is 0 Å². The van der Waals surface area contributed by atoms with Crippen LogP contribution < -0.4 is 10.1 Å². The van der Waals surface area contributed by atoms with Gasteiger partial charge in [-0.05, 0) is 47.4 Å². The van der Waals surface area contributed by atoms with Crippen molar-refractivity contribution in [1.82, 2.24) is 5.32 Å². The summed E-state index contributed by atoms with van der Waals surface area (Å²) in [4.78, 5) is 23.9. The minimum absolute atomic E-state index is 0.242. The number of carboxylic acid groups (broad SMARTS) is 1. The average molecular weight is 325 g/mol. The van der Waals surface area contributed by atoms with Gasteiger partial charge < -0.3 is 15.2 Å². The van der Waals surface area contributed by atoms with Gasteiger partial charge in [0.2, 0.25) is 5.91 Å². The molecule has 3 rings (SSSR count). The first-order valence-corrected chi connectivity index (χ1v) is 7.78. The number of fused-ring (bicyclic) bond motifs is 1. The van der Waals surface area contributed by atoms with Crippen LogP contribution in [0.4, 0.5) is 0 Å². The van der Waals surface area contributed by atoms with Crippen LogP contribution in [0.2, 0.25) is 0 Å².